The van der Waals surface area contributed by atoms with Gasteiger partial charge >= 0.3 is 0 Å². The molecule has 0 atom stereocenters. The van der Waals surface area contributed by atoms with Gasteiger partial charge in [-0.2, -0.15) is 5.26 Å². The summed E-state index contributed by atoms with van der Waals surface area (Å²) in [4.78, 5) is 3.64. The summed E-state index contributed by atoms with van der Waals surface area (Å²) < 4.78 is 25.0. The Labute approximate surface area is 79.1 Å². The molecule has 1 aromatic rings. The van der Waals surface area contributed by atoms with Crippen molar-refractivity contribution in [3.8, 4) is 6.07 Å². The molecule has 1 heterocycles. The lowest BCUT2D eigenvalue weighted by molar-refractivity contribution is 0.150. The lowest BCUT2D eigenvalue weighted by atomic mass is 10.1. The van der Waals surface area contributed by atoms with E-state index >= 15 is 0 Å². The van der Waals surface area contributed by atoms with Gasteiger partial charge in [-0.05, 0) is 0 Å². The van der Waals surface area contributed by atoms with Crippen LogP contribution in [0.5, 0.6) is 0 Å². The Bertz CT molecular complexity index is 384. The summed E-state index contributed by atoms with van der Waals surface area (Å²) in [6, 6.07) is 1.68. The fraction of sp³-hybridized carbons (Fsp3) is 0.250. The largest absolute Gasteiger partial charge is 0.397 e. The topological polar surface area (TPSA) is 88.7 Å². The molecule has 0 saturated carbocycles. The maximum absolute atomic E-state index is 12.5. The van der Waals surface area contributed by atoms with E-state index in [1.807, 2.05) is 0 Å². The highest BCUT2D eigenvalue weighted by Gasteiger charge is 2.19. The van der Waals surface area contributed by atoms with Crippen molar-refractivity contribution in [1.29, 1.82) is 5.26 Å². The molecule has 0 radical (unpaired) electrons. The van der Waals surface area contributed by atoms with Gasteiger partial charge in [-0.25, -0.2) is 8.78 Å². The fourth-order valence-electron chi connectivity index (χ4n) is 1.08. The smallest absolute Gasteiger partial charge is 0.267 e. The van der Waals surface area contributed by atoms with Gasteiger partial charge < -0.3 is 11.5 Å². The number of halogens is 2. The zero-order valence-electron chi connectivity index (χ0n) is 7.17. The third-order valence-electron chi connectivity index (χ3n) is 1.77. The number of hydrogen-bond donors (Lipinski definition) is 2. The molecule has 0 amide bonds. The maximum atomic E-state index is 12.5. The highest BCUT2D eigenvalue weighted by Crippen LogP contribution is 2.29. The van der Waals surface area contributed by atoms with Gasteiger partial charge in [-0.3, -0.25) is 4.98 Å². The summed E-state index contributed by atoms with van der Waals surface area (Å²) in [5.41, 5.74) is 9.88. The summed E-state index contributed by atoms with van der Waals surface area (Å²) in [6.07, 6.45) is -1.63. The van der Waals surface area contributed by atoms with Crippen LogP contribution < -0.4 is 11.5 Å². The van der Waals surface area contributed by atoms with Gasteiger partial charge in [0.2, 0.25) is 0 Å². The Kier molecular flexibility index (Phi) is 2.94. The first-order valence-corrected chi connectivity index (χ1v) is 3.77. The van der Waals surface area contributed by atoms with Gasteiger partial charge in [-0.15, -0.1) is 0 Å². The molecule has 0 fully saturated rings. The SMILES string of the molecule is N#Cc1cnc(CN)c(C(F)F)c1N. The van der Waals surface area contributed by atoms with Gasteiger partial charge in [0, 0.05) is 12.7 Å². The van der Waals surface area contributed by atoms with E-state index in [-0.39, 0.29) is 23.5 Å². The molecule has 0 aromatic carbocycles. The zero-order valence-corrected chi connectivity index (χ0v) is 7.17. The number of alkyl halides is 2. The molecular formula is C8H8F2N4. The first kappa shape index (κ1) is 10.3. The van der Waals surface area contributed by atoms with Gasteiger partial charge in [0.1, 0.15) is 6.07 Å². The van der Waals surface area contributed by atoms with Gasteiger partial charge in [0.05, 0.1) is 22.5 Å². The fourth-order valence-corrected chi connectivity index (χ4v) is 1.08. The van der Waals surface area contributed by atoms with Crippen LogP contribution >= 0.6 is 0 Å². The van der Waals surface area contributed by atoms with Crippen molar-refractivity contribution >= 4 is 5.69 Å². The van der Waals surface area contributed by atoms with Crippen LogP contribution in [-0.2, 0) is 6.54 Å². The highest BCUT2D eigenvalue weighted by molar-refractivity contribution is 5.60. The van der Waals surface area contributed by atoms with Crippen molar-refractivity contribution in [3.05, 3.63) is 23.0 Å². The number of aromatic nitrogens is 1. The first-order chi connectivity index (χ1) is 6.61. The van der Waals surface area contributed by atoms with E-state index in [1.165, 1.54) is 0 Å². The van der Waals surface area contributed by atoms with Crippen LogP contribution in [0, 0.1) is 11.3 Å². The molecule has 0 spiro atoms. The van der Waals surface area contributed by atoms with Crippen LogP contribution in [0.15, 0.2) is 6.20 Å². The van der Waals surface area contributed by atoms with Crippen molar-refractivity contribution in [2.45, 2.75) is 13.0 Å². The van der Waals surface area contributed by atoms with E-state index in [9.17, 15) is 8.78 Å². The Balaban J connectivity index is 3.41. The molecule has 0 aliphatic carbocycles. The Morgan fingerprint density at radius 1 is 1.57 bits per heavy atom. The second-order valence-corrected chi connectivity index (χ2v) is 2.56. The van der Waals surface area contributed by atoms with E-state index in [0.717, 1.165) is 6.20 Å². The molecule has 1 aromatic heterocycles. The zero-order chi connectivity index (χ0) is 10.7. The summed E-state index contributed by atoms with van der Waals surface area (Å²) in [5, 5.41) is 8.54. The number of nitrogens with zero attached hydrogens (tertiary/aromatic N) is 2. The van der Waals surface area contributed by atoms with Crippen LogP contribution in [0.25, 0.3) is 0 Å². The minimum absolute atomic E-state index is 0.0245. The van der Waals surface area contributed by atoms with Gasteiger partial charge in [0.15, 0.2) is 0 Å². The van der Waals surface area contributed by atoms with Gasteiger partial charge in [0.25, 0.3) is 6.43 Å². The number of nitriles is 1. The van der Waals surface area contributed by atoms with E-state index in [2.05, 4.69) is 4.98 Å². The third kappa shape index (κ3) is 1.63. The molecule has 4 nitrogen and oxygen atoms in total. The Morgan fingerprint density at radius 3 is 2.64 bits per heavy atom. The minimum atomic E-state index is -2.77. The van der Waals surface area contributed by atoms with Crippen LogP contribution in [-0.4, -0.2) is 4.98 Å². The van der Waals surface area contributed by atoms with E-state index < -0.39 is 12.0 Å². The summed E-state index contributed by atoms with van der Waals surface area (Å²) in [6.45, 7) is -0.129. The second kappa shape index (κ2) is 3.98. The third-order valence-corrected chi connectivity index (χ3v) is 1.77. The number of anilines is 1. The van der Waals surface area contributed by atoms with Crippen molar-refractivity contribution in [2.24, 2.45) is 5.73 Å². The minimum Gasteiger partial charge on any atom is -0.397 e. The Hall–Kier alpha value is -1.74. The average molecular weight is 198 g/mol. The predicted octanol–water partition coefficient (Wildman–Crippen LogP) is 0.932. The summed E-state index contributed by atoms with van der Waals surface area (Å²) >= 11 is 0. The molecule has 14 heavy (non-hydrogen) atoms. The maximum Gasteiger partial charge on any atom is 0.267 e. The summed E-state index contributed by atoms with van der Waals surface area (Å²) in [5.74, 6) is 0. The van der Waals surface area contributed by atoms with Crippen molar-refractivity contribution in [2.75, 3.05) is 5.73 Å². The van der Waals surface area contributed by atoms with E-state index in [4.69, 9.17) is 16.7 Å². The number of nitrogen functional groups attached to an aromatic ring is 1. The average Bonchev–Trinajstić information content (AvgIpc) is 2.16. The lowest BCUT2D eigenvalue weighted by Crippen LogP contribution is -2.09. The molecule has 0 bridgehead atoms. The number of nitrogens with two attached hydrogens (primary N) is 2. The molecule has 1 rings (SSSR count). The normalized spacial score (nSPS) is 10.2. The molecule has 6 heteroatoms. The van der Waals surface area contributed by atoms with E-state index in [1.54, 1.807) is 6.07 Å². The van der Waals surface area contributed by atoms with Crippen LogP contribution in [0.2, 0.25) is 0 Å². The van der Waals surface area contributed by atoms with E-state index in [0.29, 0.717) is 0 Å². The molecule has 0 aliphatic heterocycles. The highest BCUT2D eigenvalue weighted by atomic mass is 19.3. The summed E-state index contributed by atoms with van der Waals surface area (Å²) in [7, 11) is 0. The lowest BCUT2D eigenvalue weighted by Gasteiger charge is -2.09. The number of rotatable bonds is 2. The Morgan fingerprint density at radius 2 is 2.21 bits per heavy atom. The molecule has 74 valence electrons. The first-order valence-electron chi connectivity index (χ1n) is 3.77. The van der Waals surface area contributed by atoms with Crippen molar-refractivity contribution < 1.29 is 8.78 Å². The van der Waals surface area contributed by atoms with Crippen LogP contribution in [0.3, 0.4) is 0 Å². The molecule has 4 N–H and O–H groups in total. The second-order valence-electron chi connectivity index (χ2n) is 2.56. The molecular weight excluding hydrogens is 190 g/mol. The van der Waals surface area contributed by atoms with Crippen LogP contribution in [0.4, 0.5) is 14.5 Å². The molecule has 0 aliphatic rings. The van der Waals surface area contributed by atoms with Crippen LogP contribution in [0.1, 0.15) is 23.2 Å². The van der Waals surface area contributed by atoms with Crippen molar-refractivity contribution in [3.63, 3.8) is 0 Å². The number of pyridine rings is 1. The van der Waals surface area contributed by atoms with Crippen molar-refractivity contribution in [1.82, 2.24) is 4.98 Å². The predicted molar refractivity (Wildman–Crippen MR) is 46.2 cm³/mol. The monoisotopic (exact) mass is 198 g/mol. The molecule has 0 saturated heterocycles. The quantitative estimate of drug-likeness (QED) is 0.739. The standard InChI is InChI=1S/C8H8F2N4/c9-8(10)6-5(2-12)14-3-4(1-11)7(6)13/h3,8H,2,12H2,(H2,13,14). The van der Waals surface area contributed by atoms with Gasteiger partial charge in [-0.1, -0.05) is 0 Å². The number of hydrogen-bond acceptors (Lipinski definition) is 4. The molecule has 0 unspecified atom stereocenters.